The van der Waals surface area contributed by atoms with Gasteiger partial charge in [0.2, 0.25) is 0 Å². The molecule has 1 aliphatic carbocycles. The van der Waals surface area contributed by atoms with Gasteiger partial charge in [0.25, 0.3) is 0 Å². The molecule has 1 aromatic heterocycles. The lowest BCUT2D eigenvalue weighted by Gasteiger charge is -2.31. The summed E-state index contributed by atoms with van der Waals surface area (Å²) in [7, 11) is 0. The highest BCUT2D eigenvalue weighted by atomic mass is 32.1. The van der Waals surface area contributed by atoms with E-state index in [1.165, 1.54) is 19.3 Å². The van der Waals surface area contributed by atoms with Crippen LogP contribution < -0.4 is 4.90 Å². The lowest BCUT2D eigenvalue weighted by molar-refractivity contribution is 0.0916. The van der Waals surface area contributed by atoms with Crippen molar-refractivity contribution in [1.82, 2.24) is 4.98 Å². The fourth-order valence-corrected chi connectivity index (χ4v) is 4.45. The molecule has 0 spiro atoms. The molecule has 0 aromatic carbocycles. The molecule has 0 unspecified atom stereocenters. The molecular weight excluding hydrogens is 268 g/mol. The molecule has 1 aliphatic heterocycles. The molecule has 2 aliphatic rings. The number of piperidine rings is 1. The number of rotatable bonds is 2. The maximum Gasteiger partial charge on any atom is 0.186 e. The third-order valence-electron chi connectivity index (χ3n) is 4.69. The topological polar surface area (TPSA) is 33.2 Å². The Kier molecular flexibility index (Phi) is 3.61. The molecule has 0 amide bonds. The summed E-state index contributed by atoms with van der Waals surface area (Å²) in [6.07, 6.45) is 5.42. The van der Waals surface area contributed by atoms with Crippen molar-refractivity contribution in [1.29, 1.82) is 0 Å². The van der Waals surface area contributed by atoms with Gasteiger partial charge in [0, 0.05) is 19.5 Å². The minimum atomic E-state index is 0.0740. The van der Waals surface area contributed by atoms with E-state index in [9.17, 15) is 4.79 Å². The van der Waals surface area contributed by atoms with E-state index in [1.54, 1.807) is 11.3 Å². The fraction of sp³-hybridized carbons (Fsp3) is 0.750. The van der Waals surface area contributed by atoms with E-state index in [-0.39, 0.29) is 5.41 Å². The number of anilines is 1. The number of carbonyl (C=O) groups is 1. The summed E-state index contributed by atoms with van der Waals surface area (Å²) in [6.45, 7) is 8.81. The van der Waals surface area contributed by atoms with Crippen molar-refractivity contribution in [2.24, 2.45) is 11.3 Å². The molecule has 0 N–H and O–H groups in total. The van der Waals surface area contributed by atoms with Gasteiger partial charge in [0.05, 0.1) is 10.6 Å². The third kappa shape index (κ3) is 2.62. The molecule has 110 valence electrons. The van der Waals surface area contributed by atoms with Crippen molar-refractivity contribution in [3.8, 4) is 0 Å². The molecule has 0 atom stereocenters. The second-order valence-corrected chi connectivity index (χ2v) is 8.03. The van der Waals surface area contributed by atoms with Crippen LogP contribution in [0.15, 0.2) is 0 Å². The summed E-state index contributed by atoms with van der Waals surface area (Å²) in [4.78, 5) is 20.4. The number of fused-ring (bicyclic) bond motifs is 1. The number of hydrogen-bond donors (Lipinski definition) is 0. The van der Waals surface area contributed by atoms with Crippen molar-refractivity contribution in [3.63, 3.8) is 0 Å². The molecule has 1 saturated heterocycles. The summed E-state index contributed by atoms with van der Waals surface area (Å²) < 4.78 is 0. The predicted octanol–water partition coefficient (Wildman–Crippen LogP) is 3.92. The fourth-order valence-electron chi connectivity index (χ4n) is 3.38. The Balaban J connectivity index is 1.79. The van der Waals surface area contributed by atoms with Crippen LogP contribution in [0, 0.1) is 11.3 Å². The average molecular weight is 292 g/mol. The highest BCUT2D eigenvalue weighted by Gasteiger charge is 2.34. The lowest BCUT2D eigenvalue weighted by Crippen LogP contribution is -2.33. The van der Waals surface area contributed by atoms with Crippen LogP contribution in [0.25, 0.3) is 0 Å². The lowest BCUT2D eigenvalue weighted by atomic mass is 9.78. The second kappa shape index (κ2) is 5.14. The minimum Gasteiger partial charge on any atom is -0.348 e. The molecule has 0 radical (unpaired) electrons. The normalized spacial score (nSPS) is 22.9. The van der Waals surface area contributed by atoms with Gasteiger partial charge in [-0.2, -0.15) is 0 Å². The van der Waals surface area contributed by atoms with E-state index in [0.29, 0.717) is 12.2 Å². The zero-order chi connectivity index (χ0) is 14.3. The zero-order valence-corrected chi connectivity index (χ0v) is 13.6. The Labute approximate surface area is 125 Å². The molecular formula is C16H24N2OS. The Hall–Kier alpha value is -0.900. The molecule has 4 heteroatoms. The molecule has 0 saturated carbocycles. The van der Waals surface area contributed by atoms with Crippen molar-refractivity contribution < 1.29 is 4.79 Å². The molecule has 1 fully saturated rings. The van der Waals surface area contributed by atoms with E-state index in [1.807, 2.05) is 0 Å². The first-order valence-corrected chi connectivity index (χ1v) is 8.58. The maximum atomic E-state index is 12.2. The number of Topliss-reactive ketones (excluding diaryl/α,β-unsaturated/α-hetero) is 1. The van der Waals surface area contributed by atoms with Crippen LogP contribution in [0.3, 0.4) is 0 Å². The average Bonchev–Trinajstić information content (AvgIpc) is 2.81. The van der Waals surface area contributed by atoms with E-state index in [2.05, 4.69) is 25.7 Å². The number of thiazole rings is 1. The van der Waals surface area contributed by atoms with Gasteiger partial charge in [-0.15, -0.1) is 0 Å². The number of ketones is 1. The molecule has 1 aromatic rings. The predicted molar refractivity (Wildman–Crippen MR) is 83.8 cm³/mol. The number of hydrogen-bond acceptors (Lipinski definition) is 4. The smallest absolute Gasteiger partial charge is 0.186 e. The molecule has 20 heavy (non-hydrogen) atoms. The Morgan fingerprint density at radius 1 is 1.30 bits per heavy atom. The maximum absolute atomic E-state index is 12.2. The van der Waals surface area contributed by atoms with Gasteiger partial charge in [-0.1, -0.05) is 38.5 Å². The largest absolute Gasteiger partial charge is 0.348 e. The molecule has 3 nitrogen and oxygen atoms in total. The van der Waals surface area contributed by atoms with E-state index in [4.69, 9.17) is 4.98 Å². The number of nitrogens with zero attached hydrogens (tertiary/aromatic N) is 2. The molecule has 3 rings (SSSR count). The zero-order valence-electron chi connectivity index (χ0n) is 12.7. The monoisotopic (exact) mass is 292 g/mol. The van der Waals surface area contributed by atoms with E-state index < -0.39 is 0 Å². The first-order valence-electron chi connectivity index (χ1n) is 7.76. The van der Waals surface area contributed by atoms with Gasteiger partial charge in [0.15, 0.2) is 10.9 Å². The number of aromatic nitrogens is 1. The summed E-state index contributed by atoms with van der Waals surface area (Å²) in [5, 5.41) is 1.08. The van der Waals surface area contributed by atoms with Crippen LogP contribution in [0.5, 0.6) is 0 Å². The second-order valence-electron chi connectivity index (χ2n) is 7.05. The number of carbonyl (C=O) groups excluding carboxylic acids is 1. The Bertz CT molecular complexity index is 513. The first kappa shape index (κ1) is 14.1. The highest BCUT2D eigenvalue weighted by molar-refractivity contribution is 7.17. The Morgan fingerprint density at radius 3 is 2.65 bits per heavy atom. The summed E-state index contributed by atoms with van der Waals surface area (Å²) in [5.74, 6) is 1.17. The van der Waals surface area contributed by atoms with Gasteiger partial charge in [-0.25, -0.2) is 4.98 Å². The van der Waals surface area contributed by atoms with E-state index in [0.717, 1.165) is 41.1 Å². The summed E-state index contributed by atoms with van der Waals surface area (Å²) >= 11 is 1.62. The first-order chi connectivity index (χ1) is 9.48. The summed E-state index contributed by atoms with van der Waals surface area (Å²) in [5.41, 5.74) is 1.12. The molecule has 2 heterocycles. The van der Waals surface area contributed by atoms with Crippen LogP contribution in [-0.2, 0) is 6.42 Å². The van der Waals surface area contributed by atoms with Crippen molar-refractivity contribution in [2.75, 3.05) is 18.0 Å². The van der Waals surface area contributed by atoms with Gasteiger partial charge in [0.1, 0.15) is 0 Å². The van der Waals surface area contributed by atoms with Gasteiger partial charge >= 0.3 is 0 Å². The van der Waals surface area contributed by atoms with Crippen molar-refractivity contribution in [3.05, 3.63) is 10.6 Å². The third-order valence-corrected chi connectivity index (χ3v) is 5.89. The minimum absolute atomic E-state index is 0.0740. The van der Waals surface area contributed by atoms with Crippen LogP contribution in [0.4, 0.5) is 5.13 Å². The van der Waals surface area contributed by atoms with E-state index >= 15 is 0 Å². The standard InChI is InChI=1S/C16H24N2OS/c1-4-11-5-7-18(8-6-11)15-17-12-9-16(2,3)10-13(19)14(12)20-15/h11H,4-10H2,1-3H3. The Morgan fingerprint density at radius 2 is 2.00 bits per heavy atom. The van der Waals surface area contributed by atoms with Crippen LogP contribution in [0.2, 0.25) is 0 Å². The SMILES string of the molecule is CCC1CCN(c2nc3c(s2)C(=O)CC(C)(C)C3)CC1. The van der Waals surface area contributed by atoms with Crippen molar-refractivity contribution in [2.45, 2.75) is 52.9 Å². The van der Waals surface area contributed by atoms with Gasteiger partial charge < -0.3 is 4.90 Å². The van der Waals surface area contributed by atoms with Crippen molar-refractivity contribution >= 4 is 22.3 Å². The highest BCUT2D eigenvalue weighted by Crippen LogP contribution is 2.40. The molecule has 0 bridgehead atoms. The van der Waals surface area contributed by atoms with Gasteiger partial charge in [-0.3, -0.25) is 4.79 Å². The van der Waals surface area contributed by atoms with Crippen LogP contribution in [-0.4, -0.2) is 23.9 Å². The van der Waals surface area contributed by atoms with Gasteiger partial charge in [-0.05, 0) is 30.6 Å². The van der Waals surface area contributed by atoms with Crippen LogP contribution >= 0.6 is 11.3 Å². The quantitative estimate of drug-likeness (QED) is 0.828. The summed E-state index contributed by atoms with van der Waals surface area (Å²) in [6, 6.07) is 0. The van der Waals surface area contributed by atoms with Crippen LogP contribution in [0.1, 0.15) is 61.8 Å².